The molecule has 0 radical (unpaired) electrons. The van der Waals surface area contributed by atoms with Crippen molar-refractivity contribution in [3.05, 3.63) is 88.5 Å². The fraction of sp³-hybridized carbons (Fsp3) is 0.0800. The maximum absolute atomic E-state index is 13.0. The molecule has 0 bridgehead atoms. The second-order valence-corrected chi connectivity index (χ2v) is 9.91. The van der Waals surface area contributed by atoms with E-state index in [9.17, 15) is 13.2 Å². The van der Waals surface area contributed by atoms with Crippen LogP contribution in [0.5, 0.6) is 11.6 Å². The molecule has 0 fully saturated rings. The van der Waals surface area contributed by atoms with Crippen molar-refractivity contribution < 1.29 is 22.4 Å². The number of nitrogens with zero attached hydrogens (tertiary/aromatic N) is 3. The summed E-state index contributed by atoms with van der Waals surface area (Å²) in [5.41, 5.74) is 2.15. The van der Waals surface area contributed by atoms with Crippen LogP contribution in [0.15, 0.2) is 87.3 Å². The minimum Gasteiger partial charge on any atom is -0.495 e. The molecule has 0 aliphatic heterocycles. The van der Waals surface area contributed by atoms with Gasteiger partial charge in [-0.25, -0.2) is 13.4 Å². The molecule has 0 spiro atoms. The minimum absolute atomic E-state index is 0.000559. The highest BCUT2D eigenvalue weighted by molar-refractivity contribution is 7.92. The second kappa shape index (κ2) is 9.60. The van der Waals surface area contributed by atoms with Gasteiger partial charge in [0, 0.05) is 29.3 Å². The molecule has 1 N–H and O–H groups in total. The normalized spacial score (nSPS) is 11.4. The molecule has 0 saturated heterocycles. The number of hydrogen-bond acceptors (Lipinski definition) is 8. The van der Waals surface area contributed by atoms with Gasteiger partial charge in [-0.3, -0.25) is 14.1 Å². The summed E-state index contributed by atoms with van der Waals surface area (Å²) >= 11 is 6.23. The van der Waals surface area contributed by atoms with Crippen LogP contribution in [0.25, 0.3) is 27.7 Å². The number of pyridine rings is 2. The number of nitrogens with one attached hydrogen (secondary N) is 1. The third-order valence-corrected chi connectivity index (χ3v) is 7.23. The molecule has 5 rings (SSSR count). The molecule has 0 unspecified atom stereocenters. The van der Waals surface area contributed by atoms with Crippen molar-refractivity contribution in [2.45, 2.75) is 4.90 Å². The Morgan fingerprint density at radius 2 is 1.81 bits per heavy atom. The Morgan fingerprint density at radius 3 is 2.51 bits per heavy atom. The van der Waals surface area contributed by atoms with E-state index in [1.165, 1.54) is 49.3 Å². The highest BCUT2D eigenvalue weighted by Gasteiger charge is 2.18. The van der Waals surface area contributed by atoms with E-state index in [1.54, 1.807) is 36.5 Å². The molecule has 0 aliphatic rings. The van der Waals surface area contributed by atoms with Gasteiger partial charge < -0.3 is 14.0 Å². The quantitative estimate of drug-likeness (QED) is 0.321. The number of ether oxygens (including phenoxy) is 2. The SMILES string of the molecule is COc1cc(-c2cnc(OC)c(Cl)c2)ccc1-n1c(=O)ccc2cc(S(=O)(=O)Nc3ccon3)ccc21. The summed E-state index contributed by atoms with van der Waals surface area (Å²) in [5.74, 6) is 0.792. The van der Waals surface area contributed by atoms with Crippen molar-refractivity contribution in [3.63, 3.8) is 0 Å². The highest BCUT2D eigenvalue weighted by atomic mass is 35.5. The number of methoxy groups -OCH3 is 2. The summed E-state index contributed by atoms with van der Waals surface area (Å²) < 4.78 is 44.8. The second-order valence-electron chi connectivity index (χ2n) is 7.82. The number of hydrogen-bond donors (Lipinski definition) is 1. The first-order chi connectivity index (χ1) is 17.8. The van der Waals surface area contributed by atoms with Gasteiger partial charge in [-0.05, 0) is 48.0 Å². The van der Waals surface area contributed by atoms with E-state index in [2.05, 4.69) is 19.4 Å². The van der Waals surface area contributed by atoms with Gasteiger partial charge in [0.1, 0.15) is 17.0 Å². The molecule has 10 nitrogen and oxygen atoms in total. The van der Waals surface area contributed by atoms with Gasteiger partial charge in [0.05, 0.1) is 30.3 Å². The van der Waals surface area contributed by atoms with E-state index in [4.69, 9.17) is 21.1 Å². The molecule has 3 heterocycles. The molecule has 0 saturated carbocycles. The number of halogens is 1. The van der Waals surface area contributed by atoms with Crippen molar-refractivity contribution in [1.82, 2.24) is 14.7 Å². The van der Waals surface area contributed by atoms with Crippen LogP contribution in [-0.2, 0) is 10.0 Å². The maximum atomic E-state index is 13.0. The van der Waals surface area contributed by atoms with E-state index in [-0.39, 0.29) is 16.3 Å². The summed E-state index contributed by atoms with van der Waals surface area (Å²) in [4.78, 5) is 17.2. The molecule has 2 aromatic carbocycles. The maximum Gasteiger partial charge on any atom is 0.263 e. The van der Waals surface area contributed by atoms with Gasteiger partial charge in [0.2, 0.25) is 5.88 Å². The summed E-state index contributed by atoms with van der Waals surface area (Å²) in [6.07, 6.45) is 2.88. The Kier molecular flexibility index (Phi) is 6.32. The van der Waals surface area contributed by atoms with Gasteiger partial charge in [-0.2, -0.15) is 0 Å². The Morgan fingerprint density at radius 1 is 0.973 bits per heavy atom. The fourth-order valence-corrected chi connectivity index (χ4v) is 5.15. The average Bonchev–Trinajstić information content (AvgIpc) is 3.40. The zero-order valence-corrected chi connectivity index (χ0v) is 21.1. The van der Waals surface area contributed by atoms with E-state index in [1.807, 2.05) is 6.07 Å². The van der Waals surface area contributed by atoms with Crippen molar-refractivity contribution in [3.8, 4) is 28.4 Å². The zero-order chi connectivity index (χ0) is 26.2. The molecule has 37 heavy (non-hydrogen) atoms. The summed E-state index contributed by atoms with van der Waals surface area (Å²) in [5, 5.41) is 4.46. The Labute approximate surface area is 216 Å². The van der Waals surface area contributed by atoms with Crippen LogP contribution in [-0.4, -0.2) is 37.3 Å². The Bertz CT molecular complexity index is 1790. The largest absolute Gasteiger partial charge is 0.495 e. The van der Waals surface area contributed by atoms with Crippen LogP contribution >= 0.6 is 11.6 Å². The first kappa shape index (κ1) is 24.3. The van der Waals surface area contributed by atoms with Crippen LogP contribution in [0.3, 0.4) is 0 Å². The summed E-state index contributed by atoms with van der Waals surface area (Å²) in [6.45, 7) is 0. The Balaban J connectivity index is 1.59. The third-order valence-electron chi connectivity index (χ3n) is 5.61. The number of fused-ring (bicyclic) bond motifs is 1. The van der Waals surface area contributed by atoms with Gasteiger partial charge in [-0.1, -0.05) is 22.8 Å². The van der Waals surface area contributed by atoms with Crippen LogP contribution in [0.2, 0.25) is 5.02 Å². The van der Waals surface area contributed by atoms with Crippen LogP contribution < -0.4 is 19.8 Å². The predicted molar refractivity (Wildman–Crippen MR) is 138 cm³/mol. The number of aromatic nitrogens is 3. The van der Waals surface area contributed by atoms with Gasteiger partial charge >= 0.3 is 0 Å². The lowest BCUT2D eigenvalue weighted by Gasteiger charge is -2.16. The molecule has 0 amide bonds. The molecule has 0 aliphatic carbocycles. The van der Waals surface area contributed by atoms with Crippen LogP contribution in [0.1, 0.15) is 0 Å². The lowest BCUT2D eigenvalue weighted by molar-refractivity contribution is 0.398. The molecule has 0 atom stereocenters. The minimum atomic E-state index is -3.93. The lowest BCUT2D eigenvalue weighted by atomic mass is 10.1. The predicted octanol–water partition coefficient (Wildman–Crippen LogP) is 4.51. The number of rotatable bonds is 7. The van der Waals surface area contributed by atoms with Gasteiger partial charge in [-0.15, -0.1) is 0 Å². The smallest absolute Gasteiger partial charge is 0.263 e. The van der Waals surface area contributed by atoms with E-state index >= 15 is 0 Å². The first-order valence-corrected chi connectivity index (χ1v) is 12.6. The number of sulfonamides is 1. The third kappa shape index (κ3) is 4.61. The molecule has 3 aromatic heterocycles. The zero-order valence-electron chi connectivity index (χ0n) is 19.5. The molecule has 5 aromatic rings. The van der Waals surface area contributed by atoms with Crippen molar-refractivity contribution in [2.24, 2.45) is 0 Å². The van der Waals surface area contributed by atoms with Crippen molar-refractivity contribution in [2.75, 3.05) is 18.9 Å². The molecule has 188 valence electrons. The van der Waals surface area contributed by atoms with E-state index in [0.29, 0.717) is 33.2 Å². The Hall–Kier alpha value is -4.35. The van der Waals surface area contributed by atoms with E-state index in [0.717, 1.165) is 11.1 Å². The molecule has 12 heteroatoms. The number of anilines is 1. The molecular formula is C25H19ClN4O6S. The summed E-state index contributed by atoms with van der Waals surface area (Å²) in [6, 6.07) is 15.8. The highest BCUT2D eigenvalue weighted by Crippen LogP contribution is 2.33. The first-order valence-electron chi connectivity index (χ1n) is 10.8. The summed E-state index contributed by atoms with van der Waals surface area (Å²) in [7, 11) is -0.947. The van der Waals surface area contributed by atoms with Gasteiger partial charge in [0.15, 0.2) is 5.82 Å². The van der Waals surface area contributed by atoms with Crippen LogP contribution in [0.4, 0.5) is 5.82 Å². The number of benzene rings is 2. The van der Waals surface area contributed by atoms with Crippen molar-refractivity contribution >= 4 is 38.3 Å². The fourth-order valence-electron chi connectivity index (χ4n) is 3.88. The van der Waals surface area contributed by atoms with Crippen LogP contribution in [0, 0.1) is 0 Å². The lowest BCUT2D eigenvalue weighted by Crippen LogP contribution is -2.18. The van der Waals surface area contributed by atoms with Crippen molar-refractivity contribution in [1.29, 1.82) is 0 Å². The topological polar surface area (TPSA) is 126 Å². The standard InChI is InChI=1S/C25H19ClN4O6S/c1-34-22-13-15(17-12-19(26)25(35-2)27-14-17)3-6-21(22)30-20-7-5-18(11-16(20)4-8-24(30)31)37(32,33)29-23-9-10-36-28-23/h3-14H,1-2H3,(H,28,29). The van der Waals surface area contributed by atoms with Gasteiger partial charge in [0.25, 0.3) is 15.6 Å². The monoisotopic (exact) mass is 538 g/mol. The molecular weight excluding hydrogens is 520 g/mol. The van der Waals surface area contributed by atoms with E-state index < -0.39 is 10.0 Å². The average molecular weight is 539 g/mol.